The summed E-state index contributed by atoms with van der Waals surface area (Å²) in [5.74, 6) is -11.6. The molecule has 1 aromatic carbocycles. The number of hydrogen-bond acceptors (Lipinski definition) is 2. The van der Waals surface area contributed by atoms with Crippen LogP contribution >= 0.6 is 0 Å². The zero-order chi connectivity index (χ0) is 14.6. The molecule has 102 valence electrons. The Labute approximate surface area is 105 Å². The number of esters is 1. The van der Waals surface area contributed by atoms with Crippen molar-refractivity contribution in [2.24, 2.45) is 0 Å². The van der Waals surface area contributed by atoms with Gasteiger partial charge in [0.25, 0.3) is 0 Å². The normalized spacial score (nSPS) is 10.1. The first kappa shape index (κ1) is 15.0. The summed E-state index contributed by atoms with van der Waals surface area (Å²) in [6.45, 7) is 0. The van der Waals surface area contributed by atoms with E-state index in [2.05, 4.69) is 10.7 Å². The van der Waals surface area contributed by atoms with Crippen LogP contribution in [0.2, 0.25) is 0 Å². The standard InChI is InChI=1S/C12H7F5O2/c1-2-3-4-5-6(18)19-12-10(16)8(14)7(13)9(15)11(12)17/h1H,3-5H2. The van der Waals surface area contributed by atoms with Crippen molar-refractivity contribution in [3.05, 3.63) is 29.1 Å². The lowest BCUT2D eigenvalue weighted by Crippen LogP contribution is -2.13. The molecule has 1 rings (SSSR count). The fourth-order valence-electron chi connectivity index (χ4n) is 1.17. The summed E-state index contributed by atoms with van der Waals surface area (Å²) in [6.07, 6.45) is 4.99. The molecule has 0 saturated carbocycles. The van der Waals surface area contributed by atoms with Gasteiger partial charge in [0, 0.05) is 12.8 Å². The molecule has 0 heterocycles. The second kappa shape index (κ2) is 6.18. The first-order valence-electron chi connectivity index (χ1n) is 5.05. The van der Waals surface area contributed by atoms with Gasteiger partial charge in [-0.25, -0.2) is 13.2 Å². The van der Waals surface area contributed by atoms with E-state index in [1.165, 1.54) is 0 Å². The zero-order valence-electron chi connectivity index (χ0n) is 9.40. The summed E-state index contributed by atoms with van der Waals surface area (Å²) < 4.78 is 68.6. The summed E-state index contributed by atoms with van der Waals surface area (Å²) >= 11 is 0. The number of carbonyl (C=O) groups is 1. The molecular weight excluding hydrogens is 271 g/mol. The maximum atomic E-state index is 13.1. The number of terminal acetylenes is 1. The largest absolute Gasteiger partial charge is 0.420 e. The Morgan fingerprint density at radius 2 is 1.47 bits per heavy atom. The molecule has 0 spiro atoms. The van der Waals surface area contributed by atoms with Gasteiger partial charge in [0.05, 0.1) is 0 Å². The van der Waals surface area contributed by atoms with E-state index >= 15 is 0 Å². The van der Waals surface area contributed by atoms with Crippen LogP contribution in [0, 0.1) is 41.4 Å². The summed E-state index contributed by atoms with van der Waals surface area (Å²) in [5.41, 5.74) is 0. The summed E-state index contributed by atoms with van der Waals surface area (Å²) in [5, 5.41) is 0. The average Bonchev–Trinajstić information content (AvgIpc) is 2.39. The first-order valence-corrected chi connectivity index (χ1v) is 5.05. The fraction of sp³-hybridized carbons (Fsp3) is 0.250. The smallest absolute Gasteiger partial charge is 0.311 e. The molecule has 0 aliphatic rings. The molecular formula is C12H7F5O2. The Balaban J connectivity index is 2.96. The molecule has 19 heavy (non-hydrogen) atoms. The monoisotopic (exact) mass is 278 g/mol. The number of unbranched alkanes of at least 4 members (excludes halogenated alkanes) is 1. The second-order valence-corrected chi connectivity index (χ2v) is 3.43. The van der Waals surface area contributed by atoms with Gasteiger partial charge in [0.1, 0.15) is 0 Å². The zero-order valence-corrected chi connectivity index (χ0v) is 9.40. The molecule has 0 aliphatic carbocycles. The molecule has 7 heteroatoms. The van der Waals surface area contributed by atoms with Crippen LogP contribution in [0.5, 0.6) is 5.75 Å². The summed E-state index contributed by atoms with van der Waals surface area (Å²) in [7, 11) is 0. The minimum Gasteiger partial charge on any atom is -0.420 e. The predicted octanol–water partition coefficient (Wildman–Crippen LogP) is 3.09. The summed E-state index contributed by atoms with van der Waals surface area (Å²) in [6, 6.07) is 0. The van der Waals surface area contributed by atoms with Crippen molar-refractivity contribution < 1.29 is 31.5 Å². The minimum absolute atomic E-state index is 0.171. The average molecular weight is 278 g/mol. The molecule has 0 aromatic heterocycles. The molecule has 0 aliphatic heterocycles. The van der Waals surface area contributed by atoms with Crippen molar-refractivity contribution >= 4 is 5.97 Å². The Morgan fingerprint density at radius 1 is 1.00 bits per heavy atom. The van der Waals surface area contributed by atoms with Gasteiger partial charge < -0.3 is 4.74 Å². The third-order valence-electron chi connectivity index (χ3n) is 2.09. The van der Waals surface area contributed by atoms with Crippen molar-refractivity contribution in [3.63, 3.8) is 0 Å². The van der Waals surface area contributed by atoms with Crippen molar-refractivity contribution in [3.8, 4) is 18.1 Å². The highest BCUT2D eigenvalue weighted by Crippen LogP contribution is 2.29. The van der Waals surface area contributed by atoms with E-state index in [0.717, 1.165) is 0 Å². The Bertz CT molecular complexity index is 519. The molecule has 0 fully saturated rings. The van der Waals surface area contributed by atoms with Crippen LogP contribution in [0.1, 0.15) is 19.3 Å². The van der Waals surface area contributed by atoms with Gasteiger partial charge in [-0.05, 0) is 6.42 Å². The van der Waals surface area contributed by atoms with Gasteiger partial charge in [0.15, 0.2) is 0 Å². The number of hydrogen-bond donors (Lipinski definition) is 0. The van der Waals surface area contributed by atoms with Gasteiger partial charge in [-0.2, -0.15) is 8.78 Å². The lowest BCUT2D eigenvalue weighted by Gasteiger charge is -2.08. The number of ether oxygens (including phenoxy) is 1. The van der Waals surface area contributed by atoms with E-state index in [9.17, 15) is 26.7 Å². The van der Waals surface area contributed by atoms with E-state index in [0.29, 0.717) is 0 Å². The van der Waals surface area contributed by atoms with Gasteiger partial charge in [0.2, 0.25) is 34.8 Å². The quantitative estimate of drug-likeness (QED) is 0.161. The highest BCUT2D eigenvalue weighted by Gasteiger charge is 2.28. The lowest BCUT2D eigenvalue weighted by atomic mass is 10.2. The van der Waals surface area contributed by atoms with Crippen molar-refractivity contribution in [2.45, 2.75) is 19.3 Å². The number of carbonyl (C=O) groups excluding carboxylic acids is 1. The Morgan fingerprint density at radius 3 is 1.95 bits per heavy atom. The molecule has 1 aromatic rings. The predicted molar refractivity (Wildman–Crippen MR) is 54.6 cm³/mol. The van der Waals surface area contributed by atoms with Gasteiger partial charge in [-0.1, -0.05) is 0 Å². The third-order valence-corrected chi connectivity index (χ3v) is 2.09. The molecule has 2 nitrogen and oxygen atoms in total. The topological polar surface area (TPSA) is 26.3 Å². The molecule has 0 atom stereocenters. The maximum absolute atomic E-state index is 13.1. The van der Waals surface area contributed by atoms with E-state index in [1.807, 2.05) is 0 Å². The van der Waals surface area contributed by atoms with Crippen LogP contribution in [0.4, 0.5) is 22.0 Å². The van der Waals surface area contributed by atoms with Crippen LogP contribution in [-0.2, 0) is 4.79 Å². The fourth-order valence-corrected chi connectivity index (χ4v) is 1.17. The minimum atomic E-state index is -2.32. The van der Waals surface area contributed by atoms with E-state index in [4.69, 9.17) is 6.42 Å². The van der Waals surface area contributed by atoms with Crippen LogP contribution in [0.15, 0.2) is 0 Å². The molecule has 0 bridgehead atoms. The van der Waals surface area contributed by atoms with Crippen LogP contribution < -0.4 is 4.74 Å². The first-order chi connectivity index (χ1) is 8.90. The highest BCUT2D eigenvalue weighted by atomic mass is 19.2. The van der Waals surface area contributed by atoms with Crippen molar-refractivity contribution in [1.29, 1.82) is 0 Å². The number of halogens is 5. The summed E-state index contributed by atoms with van der Waals surface area (Å²) in [4.78, 5) is 11.1. The van der Waals surface area contributed by atoms with Crippen LogP contribution in [-0.4, -0.2) is 5.97 Å². The molecule has 0 amide bonds. The van der Waals surface area contributed by atoms with Gasteiger partial charge >= 0.3 is 5.97 Å². The maximum Gasteiger partial charge on any atom is 0.311 e. The lowest BCUT2D eigenvalue weighted by molar-refractivity contribution is -0.134. The third kappa shape index (κ3) is 3.22. The second-order valence-electron chi connectivity index (χ2n) is 3.43. The van der Waals surface area contributed by atoms with Crippen LogP contribution in [0.3, 0.4) is 0 Å². The van der Waals surface area contributed by atoms with E-state index < -0.39 is 40.8 Å². The molecule has 0 radical (unpaired) electrons. The van der Waals surface area contributed by atoms with Crippen LogP contribution in [0.25, 0.3) is 0 Å². The SMILES string of the molecule is C#CCCCC(=O)Oc1c(F)c(F)c(F)c(F)c1F. The van der Waals surface area contributed by atoms with E-state index in [1.54, 1.807) is 0 Å². The Hall–Kier alpha value is -2.10. The van der Waals surface area contributed by atoms with Gasteiger partial charge in [-0.3, -0.25) is 4.79 Å². The van der Waals surface area contributed by atoms with E-state index in [-0.39, 0.29) is 19.3 Å². The molecule has 0 N–H and O–H groups in total. The van der Waals surface area contributed by atoms with Gasteiger partial charge in [-0.15, -0.1) is 12.3 Å². The van der Waals surface area contributed by atoms with Crippen molar-refractivity contribution in [1.82, 2.24) is 0 Å². The Kier molecular flexibility index (Phi) is 4.87. The molecule has 0 saturated heterocycles. The number of benzene rings is 1. The highest BCUT2D eigenvalue weighted by molar-refractivity contribution is 5.72. The number of rotatable bonds is 4. The van der Waals surface area contributed by atoms with Crippen molar-refractivity contribution in [2.75, 3.05) is 0 Å². The molecule has 0 unspecified atom stereocenters.